The molecule has 29 heavy (non-hydrogen) atoms. The summed E-state index contributed by atoms with van der Waals surface area (Å²) < 4.78 is 0.729. The van der Waals surface area contributed by atoms with E-state index in [0.29, 0.717) is 36.2 Å². The second-order valence-electron chi connectivity index (χ2n) is 6.95. The summed E-state index contributed by atoms with van der Waals surface area (Å²) in [6, 6.07) is 7.85. The van der Waals surface area contributed by atoms with Crippen LogP contribution in [0.1, 0.15) is 24.8 Å². The minimum absolute atomic E-state index is 0.0332. The molecule has 0 saturated heterocycles. The van der Waals surface area contributed by atoms with E-state index < -0.39 is 0 Å². The van der Waals surface area contributed by atoms with E-state index in [1.54, 1.807) is 13.2 Å². The first kappa shape index (κ1) is 20.9. The molecular weight excluding hydrogens is 432 g/mol. The number of hydrogen-bond donors (Lipinski definition) is 4. The average Bonchev–Trinajstić information content (AvgIpc) is 3.55. The third-order valence-corrected chi connectivity index (χ3v) is 5.12. The number of anilines is 3. The van der Waals surface area contributed by atoms with Crippen LogP contribution in [0.3, 0.4) is 0 Å². The van der Waals surface area contributed by atoms with Gasteiger partial charge in [0.25, 0.3) is 0 Å². The van der Waals surface area contributed by atoms with Crippen LogP contribution in [0.2, 0.25) is 0 Å². The lowest BCUT2D eigenvalue weighted by molar-refractivity contribution is -0.120. The number of halogens is 1. The molecule has 1 aliphatic carbocycles. The number of benzene rings is 1. The van der Waals surface area contributed by atoms with Crippen molar-refractivity contribution in [3.05, 3.63) is 64.5 Å². The van der Waals surface area contributed by atoms with Crippen molar-refractivity contribution in [1.29, 1.82) is 0 Å². The van der Waals surface area contributed by atoms with Crippen LogP contribution >= 0.6 is 15.9 Å². The molecule has 152 valence electrons. The molecule has 0 bridgehead atoms. The number of hydrogen-bond acceptors (Lipinski definition) is 6. The Morgan fingerprint density at radius 1 is 1.34 bits per heavy atom. The number of nitrogens with two attached hydrogens (primary N) is 1. The van der Waals surface area contributed by atoms with E-state index in [4.69, 9.17) is 5.73 Å². The standard InChI is InChI=1S/C21H25BrN6O/c1-13(11-18(23)15-6-7-15)26-20-17(22)12-25-21(28-20)27-16-8-3-14(4-9-16)5-10-19(29)24-2/h3-4,8-9,11-12,15H,1,5-7,10,23H2,2H3,(H,24,29)(H2,25,26,27,28)/b18-11-. The number of rotatable bonds is 9. The SMILES string of the molecule is C=C(/C=C(\N)C1CC1)Nc1nc(Nc2ccc(CCC(=O)NC)cc2)ncc1Br. The molecule has 0 radical (unpaired) electrons. The maximum atomic E-state index is 11.4. The minimum atomic E-state index is 0.0332. The molecule has 0 atom stereocenters. The zero-order valence-electron chi connectivity index (χ0n) is 16.3. The van der Waals surface area contributed by atoms with Gasteiger partial charge in [0, 0.05) is 36.7 Å². The zero-order valence-corrected chi connectivity index (χ0v) is 17.9. The fourth-order valence-corrected chi connectivity index (χ4v) is 3.00. The van der Waals surface area contributed by atoms with Gasteiger partial charge in [0.05, 0.1) is 4.47 Å². The predicted octanol–water partition coefficient (Wildman–Crippen LogP) is 3.84. The summed E-state index contributed by atoms with van der Waals surface area (Å²) in [6.07, 6.45) is 6.99. The lowest BCUT2D eigenvalue weighted by atomic mass is 10.1. The summed E-state index contributed by atoms with van der Waals surface area (Å²) in [7, 11) is 1.64. The number of aryl methyl sites for hydroxylation is 1. The predicted molar refractivity (Wildman–Crippen MR) is 120 cm³/mol. The van der Waals surface area contributed by atoms with Crippen molar-refractivity contribution in [1.82, 2.24) is 15.3 Å². The van der Waals surface area contributed by atoms with Gasteiger partial charge < -0.3 is 21.7 Å². The molecule has 1 aromatic carbocycles. The normalized spacial score (nSPS) is 13.7. The summed E-state index contributed by atoms with van der Waals surface area (Å²) in [4.78, 5) is 20.2. The number of nitrogens with zero attached hydrogens (tertiary/aromatic N) is 2. The van der Waals surface area contributed by atoms with Crippen LogP contribution in [0.5, 0.6) is 0 Å². The monoisotopic (exact) mass is 456 g/mol. The van der Waals surface area contributed by atoms with E-state index in [1.165, 1.54) is 0 Å². The third-order valence-electron chi connectivity index (χ3n) is 4.54. The molecule has 1 heterocycles. The molecule has 1 amide bonds. The van der Waals surface area contributed by atoms with Gasteiger partial charge in [-0.25, -0.2) is 4.98 Å². The maximum absolute atomic E-state index is 11.4. The Hall–Kier alpha value is -2.87. The number of carbonyl (C=O) groups is 1. The lowest BCUT2D eigenvalue weighted by Gasteiger charge is -2.11. The fourth-order valence-electron chi connectivity index (χ4n) is 2.71. The molecule has 2 aromatic rings. The van der Waals surface area contributed by atoms with Crippen molar-refractivity contribution in [2.24, 2.45) is 11.7 Å². The van der Waals surface area contributed by atoms with Gasteiger partial charge >= 0.3 is 0 Å². The molecule has 1 fully saturated rings. The van der Waals surface area contributed by atoms with Gasteiger partial charge in [0.2, 0.25) is 11.9 Å². The molecule has 5 N–H and O–H groups in total. The Morgan fingerprint density at radius 2 is 2.07 bits per heavy atom. The Balaban J connectivity index is 1.62. The van der Waals surface area contributed by atoms with Crippen molar-refractivity contribution in [3.63, 3.8) is 0 Å². The molecule has 3 rings (SSSR count). The molecule has 1 aromatic heterocycles. The van der Waals surface area contributed by atoms with Crippen molar-refractivity contribution in [2.45, 2.75) is 25.7 Å². The summed E-state index contributed by atoms with van der Waals surface area (Å²) in [6.45, 7) is 4.00. The van der Waals surface area contributed by atoms with Crippen molar-refractivity contribution >= 4 is 39.3 Å². The Labute approximate surface area is 179 Å². The third kappa shape index (κ3) is 6.32. The van der Waals surface area contributed by atoms with Crippen LogP contribution in [0.4, 0.5) is 17.5 Å². The van der Waals surface area contributed by atoms with Gasteiger partial charge in [0.1, 0.15) is 5.82 Å². The second-order valence-corrected chi connectivity index (χ2v) is 7.81. The highest BCUT2D eigenvalue weighted by atomic mass is 79.9. The lowest BCUT2D eigenvalue weighted by Crippen LogP contribution is -2.17. The van der Waals surface area contributed by atoms with Crippen LogP contribution in [0, 0.1) is 5.92 Å². The van der Waals surface area contributed by atoms with Crippen LogP contribution in [-0.4, -0.2) is 22.9 Å². The van der Waals surface area contributed by atoms with Crippen molar-refractivity contribution < 1.29 is 4.79 Å². The van der Waals surface area contributed by atoms with E-state index in [2.05, 4.69) is 48.4 Å². The molecule has 1 saturated carbocycles. The fraction of sp³-hybridized carbons (Fsp3) is 0.286. The zero-order chi connectivity index (χ0) is 20.8. The van der Waals surface area contributed by atoms with Crippen molar-refractivity contribution in [2.75, 3.05) is 17.7 Å². The molecule has 0 unspecified atom stereocenters. The number of nitrogens with one attached hydrogen (secondary N) is 3. The number of amides is 1. The van der Waals surface area contributed by atoms with Gasteiger partial charge in [-0.2, -0.15) is 4.98 Å². The highest BCUT2D eigenvalue weighted by molar-refractivity contribution is 9.10. The van der Waals surface area contributed by atoms with Gasteiger partial charge in [0.15, 0.2) is 0 Å². The molecule has 8 heteroatoms. The van der Waals surface area contributed by atoms with E-state index in [1.807, 2.05) is 30.3 Å². The maximum Gasteiger partial charge on any atom is 0.229 e. The smallest absolute Gasteiger partial charge is 0.229 e. The molecule has 7 nitrogen and oxygen atoms in total. The minimum Gasteiger partial charge on any atom is -0.402 e. The Bertz CT molecular complexity index is 921. The van der Waals surface area contributed by atoms with Crippen LogP contribution in [-0.2, 0) is 11.2 Å². The van der Waals surface area contributed by atoms with Crippen molar-refractivity contribution in [3.8, 4) is 0 Å². The van der Waals surface area contributed by atoms with Gasteiger partial charge in [-0.05, 0) is 64.9 Å². The summed E-state index contributed by atoms with van der Waals surface area (Å²) in [5.74, 6) is 1.58. The topological polar surface area (TPSA) is 105 Å². The number of carbonyl (C=O) groups excluding carboxylic acids is 1. The summed E-state index contributed by atoms with van der Waals surface area (Å²) >= 11 is 3.46. The van der Waals surface area contributed by atoms with E-state index in [-0.39, 0.29) is 5.91 Å². The summed E-state index contributed by atoms with van der Waals surface area (Å²) in [5, 5.41) is 8.98. The van der Waals surface area contributed by atoms with E-state index in [0.717, 1.165) is 34.3 Å². The molecule has 0 spiro atoms. The first-order valence-electron chi connectivity index (χ1n) is 9.46. The van der Waals surface area contributed by atoms with Crippen LogP contribution in [0.25, 0.3) is 0 Å². The van der Waals surface area contributed by atoms with E-state index in [9.17, 15) is 4.79 Å². The summed E-state index contributed by atoms with van der Waals surface area (Å²) in [5.41, 5.74) is 9.53. The van der Waals surface area contributed by atoms with Gasteiger partial charge in [-0.1, -0.05) is 18.7 Å². The molecule has 1 aliphatic rings. The number of aromatic nitrogens is 2. The second kappa shape index (κ2) is 9.56. The average molecular weight is 457 g/mol. The Kier molecular flexibility index (Phi) is 6.87. The Morgan fingerprint density at radius 3 is 2.72 bits per heavy atom. The first-order chi connectivity index (χ1) is 13.9. The van der Waals surface area contributed by atoms with E-state index >= 15 is 0 Å². The van der Waals surface area contributed by atoms with Crippen LogP contribution in [0.15, 0.2) is 59.0 Å². The van der Waals surface area contributed by atoms with Gasteiger partial charge in [-0.3, -0.25) is 4.79 Å². The quantitative estimate of drug-likeness (QED) is 0.427. The van der Waals surface area contributed by atoms with Gasteiger partial charge in [-0.15, -0.1) is 0 Å². The largest absolute Gasteiger partial charge is 0.402 e. The first-order valence-corrected chi connectivity index (χ1v) is 10.3. The molecular formula is C21H25BrN6O. The molecule has 0 aliphatic heterocycles. The number of allylic oxidation sites excluding steroid dienone is 2. The highest BCUT2D eigenvalue weighted by Crippen LogP contribution is 2.34. The van der Waals surface area contributed by atoms with Crippen LogP contribution < -0.4 is 21.7 Å². The highest BCUT2D eigenvalue weighted by Gasteiger charge is 2.23.